The Hall–Kier alpha value is -2.69. The molecule has 3 rings (SSSR count). The van der Waals surface area contributed by atoms with Crippen molar-refractivity contribution in [2.45, 2.75) is 39.0 Å². The molecule has 0 fully saturated rings. The second kappa shape index (κ2) is 9.49. The Morgan fingerprint density at radius 2 is 1.96 bits per heavy atom. The second-order valence-electron chi connectivity index (χ2n) is 7.18. The molecule has 5 heteroatoms. The number of fused-ring (bicyclic) bond motifs is 1. The average molecular weight is 383 g/mol. The van der Waals surface area contributed by atoms with Gasteiger partial charge in [-0.1, -0.05) is 44.0 Å². The quantitative estimate of drug-likeness (QED) is 0.524. The maximum atomic E-state index is 13.3. The number of unbranched alkanes of at least 4 members (excludes halogenated alkanes) is 2. The lowest BCUT2D eigenvalue weighted by atomic mass is 9.96. The third-order valence-corrected chi connectivity index (χ3v) is 5.28. The summed E-state index contributed by atoms with van der Waals surface area (Å²) >= 11 is 0. The third kappa shape index (κ3) is 4.41. The van der Waals surface area contributed by atoms with Crippen LogP contribution in [0.2, 0.25) is 0 Å². The molecule has 0 aromatic heterocycles. The number of nitrogens with two attached hydrogens (primary N) is 1. The molecule has 0 saturated heterocycles. The van der Waals surface area contributed by atoms with Crippen molar-refractivity contribution in [1.82, 2.24) is 4.90 Å². The van der Waals surface area contributed by atoms with Crippen molar-refractivity contribution < 1.29 is 14.3 Å². The molecule has 0 aliphatic carbocycles. The van der Waals surface area contributed by atoms with E-state index in [1.54, 1.807) is 7.11 Å². The Bertz CT molecular complexity index is 819. The fraction of sp³-hybridized carbons (Fsp3) is 0.435. The van der Waals surface area contributed by atoms with Crippen LogP contribution in [0.25, 0.3) is 0 Å². The van der Waals surface area contributed by atoms with Gasteiger partial charge in [-0.25, -0.2) is 0 Å². The number of rotatable bonds is 9. The summed E-state index contributed by atoms with van der Waals surface area (Å²) in [5.74, 6) is 1.22. The van der Waals surface area contributed by atoms with E-state index in [0.29, 0.717) is 36.8 Å². The Morgan fingerprint density at radius 1 is 1.14 bits per heavy atom. The van der Waals surface area contributed by atoms with E-state index < -0.39 is 0 Å². The molecule has 0 radical (unpaired) electrons. The minimum absolute atomic E-state index is 0.0140. The summed E-state index contributed by atoms with van der Waals surface area (Å²) in [6.07, 6.45) is 4.76. The lowest BCUT2D eigenvalue weighted by Gasteiger charge is -2.30. The highest BCUT2D eigenvalue weighted by molar-refractivity contribution is 6.00. The zero-order chi connectivity index (χ0) is 19.9. The molecule has 2 aromatic carbocycles. The van der Waals surface area contributed by atoms with Crippen LogP contribution in [0.1, 0.15) is 47.7 Å². The Labute approximate surface area is 167 Å². The molecule has 2 aromatic rings. The van der Waals surface area contributed by atoms with Crippen molar-refractivity contribution >= 4 is 11.6 Å². The first-order valence-corrected chi connectivity index (χ1v) is 10.1. The second-order valence-corrected chi connectivity index (χ2v) is 7.18. The van der Waals surface area contributed by atoms with Gasteiger partial charge in [-0.3, -0.25) is 4.79 Å². The van der Waals surface area contributed by atoms with Gasteiger partial charge in [0, 0.05) is 18.8 Å². The maximum Gasteiger partial charge on any atom is 0.258 e. The molecule has 1 amide bonds. The number of ether oxygens (including phenoxy) is 2. The van der Waals surface area contributed by atoms with Crippen molar-refractivity contribution in [2.24, 2.45) is 0 Å². The summed E-state index contributed by atoms with van der Waals surface area (Å²) in [4.78, 5) is 15.2. The predicted octanol–water partition coefficient (Wildman–Crippen LogP) is 4.09. The van der Waals surface area contributed by atoms with Crippen molar-refractivity contribution in [3.05, 3.63) is 53.1 Å². The average Bonchev–Trinajstić information content (AvgIpc) is 2.71. The van der Waals surface area contributed by atoms with E-state index in [0.717, 1.165) is 48.9 Å². The highest BCUT2D eigenvalue weighted by Crippen LogP contribution is 2.37. The van der Waals surface area contributed by atoms with E-state index in [2.05, 4.69) is 6.92 Å². The van der Waals surface area contributed by atoms with Crippen LogP contribution in [0.4, 0.5) is 5.69 Å². The molecule has 0 bridgehead atoms. The van der Waals surface area contributed by atoms with Gasteiger partial charge in [0.15, 0.2) is 11.5 Å². The van der Waals surface area contributed by atoms with Gasteiger partial charge in [0.2, 0.25) is 0 Å². The number of hydrogen-bond acceptors (Lipinski definition) is 4. The standard InChI is InChI=1S/C23H30N2O3/c1-3-4-7-16-28-22-20(27-2)11-10-18-13-15-25(23(26)21(18)22)14-12-17-8-5-6-9-19(17)24/h5-6,8-11H,3-4,7,12-16,24H2,1-2H3. The number of hydrogen-bond donors (Lipinski definition) is 1. The Kier molecular flexibility index (Phi) is 6.80. The van der Waals surface area contributed by atoms with E-state index in [9.17, 15) is 4.79 Å². The Balaban J connectivity index is 1.78. The SMILES string of the molecule is CCCCCOc1c(OC)ccc2c1C(=O)N(CCc1ccccc1N)CC2. The number of nitrogens with zero attached hydrogens (tertiary/aromatic N) is 1. The highest BCUT2D eigenvalue weighted by Gasteiger charge is 2.29. The summed E-state index contributed by atoms with van der Waals surface area (Å²) in [5, 5.41) is 0. The van der Waals surface area contributed by atoms with E-state index in [-0.39, 0.29) is 5.91 Å². The first-order valence-electron chi connectivity index (χ1n) is 10.1. The monoisotopic (exact) mass is 382 g/mol. The number of carbonyl (C=O) groups excluding carboxylic acids is 1. The van der Waals surface area contributed by atoms with Gasteiger partial charge in [0.1, 0.15) is 0 Å². The summed E-state index contributed by atoms with van der Waals surface area (Å²) in [5.41, 5.74) is 9.58. The number of anilines is 1. The lowest BCUT2D eigenvalue weighted by Crippen LogP contribution is -2.39. The maximum absolute atomic E-state index is 13.3. The first kappa shape index (κ1) is 20.1. The van der Waals surface area contributed by atoms with Crippen LogP contribution in [0.15, 0.2) is 36.4 Å². The van der Waals surface area contributed by atoms with Crippen LogP contribution >= 0.6 is 0 Å². The fourth-order valence-corrected chi connectivity index (χ4v) is 3.62. The molecule has 5 nitrogen and oxygen atoms in total. The number of benzene rings is 2. The molecular formula is C23H30N2O3. The smallest absolute Gasteiger partial charge is 0.258 e. The molecular weight excluding hydrogens is 352 g/mol. The van der Waals surface area contributed by atoms with Crippen LogP contribution in [0.3, 0.4) is 0 Å². The molecule has 28 heavy (non-hydrogen) atoms. The van der Waals surface area contributed by atoms with Crippen molar-refractivity contribution in [2.75, 3.05) is 32.5 Å². The van der Waals surface area contributed by atoms with Gasteiger partial charge in [-0.2, -0.15) is 0 Å². The number of amides is 1. The molecule has 0 spiro atoms. The van der Waals surface area contributed by atoms with Gasteiger partial charge in [0.05, 0.1) is 19.3 Å². The van der Waals surface area contributed by atoms with Crippen LogP contribution in [0, 0.1) is 0 Å². The van der Waals surface area contributed by atoms with Crippen molar-refractivity contribution in [3.8, 4) is 11.5 Å². The van der Waals surface area contributed by atoms with E-state index in [1.807, 2.05) is 41.3 Å². The zero-order valence-electron chi connectivity index (χ0n) is 16.9. The fourth-order valence-electron chi connectivity index (χ4n) is 3.62. The lowest BCUT2D eigenvalue weighted by molar-refractivity contribution is 0.0735. The number of para-hydroxylation sites is 1. The molecule has 1 heterocycles. The van der Waals surface area contributed by atoms with Crippen molar-refractivity contribution in [3.63, 3.8) is 0 Å². The first-order chi connectivity index (χ1) is 13.7. The zero-order valence-corrected chi connectivity index (χ0v) is 16.9. The van der Waals surface area contributed by atoms with E-state index in [1.165, 1.54) is 0 Å². The predicted molar refractivity (Wildman–Crippen MR) is 112 cm³/mol. The summed E-state index contributed by atoms with van der Waals surface area (Å²) in [6, 6.07) is 11.7. The molecule has 150 valence electrons. The van der Waals surface area contributed by atoms with E-state index >= 15 is 0 Å². The molecule has 1 aliphatic rings. The van der Waals surface area contributed by atoms with Gasteiger partial charge < -0.3 is 20.1 Å². The molecule has 1 aliphatic heterocycles. The molecule has 2 N–H and O–H groups in total. The summed E-state index contributed by atoms with van der Waals surface area (Å²) in [7, 11) is 1.61. The molecule has 0 saturated carbocycles. The number of methoxy groups -OCH3 is 1. The molecule has 0 unspecified atom stereocenters. The Morgan fingerprint density at radius 3 is 2.71 bits per heavy atom. The normalized spacial score (nSPS) is 13.4. The largest absolute Gasteiger partial charge is 0.493 e. The minimum Gasteiger partial charge on any atom is -0.493 e. The van der Waals surface area contributed by atoms with Gasteiger partial charge in [-0.05, 0) is 42.5 Å². The summed E-state index contributed by atoms with van der Waals surface area (Å²) < 4.78 is 11.5. The van der Waals surface area contributed by atoms with Crippen molar-refractivity contribution in [1.29, 1.82) is 0 Å². The summed E-state index contributed by atoms with van der Waals surface area (Å²) in [6.45, 7) is 4.10. The third-order valence-electron chi connectivity index (χ3n) is 5.28. The van der Waals surface area contributed by atoms with Gasteiger partial charge in [-0.15, -0.1) is 0 Å². The number of nitrogen functional groups attached to an aromatic ring is 1. The number of carbonyl (C=O) groups is 1. The van der Waals surface area contributed by atoms with Gasteiger partial charge >= 0.3 is 0 Å². The van der Waals surface area contributed by atoms with Gasteiger partial charge in [0.25, 0.3) is 5.91 Å². The highest BCUT2D eigenvalue weighted by atomic mass is 16.5. The minimum atomic E-state index is 0.0140. The van der Waals surface area contributed by atoms with Crippen LogP contribution in [-0.4, -0.2) is 37.6 Å². The van der Waals surface area contributed by atoms with E-state index in [4.69, 9.17) is 15.2 Å². The van der Waals surface area contributed by atoms with Crippen LogP contribution < -0.4 is 15.2 Å². The topological polar surface area (TPSA) is 64.8 Å². The van der Waals surface area contributed by atoms with Crippen LogP contribution in [0.5, 0.6) is 11.5 Å². The molecule has 0 atom stereocenters. The van der Waals surface area contributed by atoms with Crippen LogP contribution in [-0.2, 0) is 12.8 Å².